The molecule has 0 aromatic heterocycles. The highest BCUT2D eigenvalue weighted by atomic mass is 16.5. The number of Topliss-reactive ketones (excluding diaryl/α,β-unsaturated/α-hetero) is 1. The van der Waals surface area contributed by atoms with Gasteiger partial charge in [-0.25, -0.2) is 4.79 Å². The number of nitrogens with one attached hydrogen (secondary N) is 1. The summed E-state index contributed by atoms with van der Waals surface area (Å²) in [4.78, 5) is 35.8. The fourth-order valence-corrected chi connectivity index (χ4v) is 3.22. The minimum atomic E-state index is -1.04. The Bertz CT molecular complexity index is 906. The number of carboxylic acid groups (broad SMARTS) is 1. The van der Waals surface area contributed by atoms with Gasteiger partial charge in [0.1, 0.15) is 0 Å². The number of hydrogen-bond donors (Lipinski definition) is 2. The Kier molecular flexibility index (Phi) is 8.74. The molecular weight excluding hydrogens is 382 g/mol. The highest BCUT2D eigenvalue weighted by Crippen LogP contribution is 2.29. The van der Waals surface area contributed by atoms with Crippen LogP contribution in [-0.2, 0) is 16.1 Å². The number of esters is 1. The van der Waals surface area contributed by atoms with Crippen LogP contribution in [0.3, 0.4) is 0 Å². The molecule has 0 saturated heterocycles. The zero-order valence-corrected chi connectivity index (χ0v) is 17.7. The standard InChI is InChI=1S/C24H29NO5/c1-4-22(26)20-9-7-6-8-18(20)19-11-10-17(14-21(19)23(27)28)15-25-13-12-16(3)24(29)30-5-2/h6-11,14,16,25H,4-5,12-13,15H2,1-3H3,(H,27,28)/t16-/m1/s1. The molecule has 0 heterocycles. The van der Waals surface area contributed by atoms with E-state index in [2.05, 4.69) is 5.32 Å². The molecule has 30 heavy (non-hydrogen) atoms. The smallest absolute Gasteiger partial charge is 0.336 e. The zero-order valence-electron chi connectivity index (χ0n) is 17.7. The number of hydrogen-bond acceptors (Lipinski definition) is 5. The maximum absolute atomic E-state index is 12.3. The molecule has 160 valence electrons. The van der Waals surface area contributed by atoms with E-state index in [4.69, 9.17) is 4.74 Å². The van der Waals surface area contributed by atoms with E-state index in [1.165, 1.54) is 0 Å². The van der Waals surface area contributed by atoms with Gasteiger partial charge < -0.3 is 15.2 Å². The maximum atomic E-state index is 12.3. The molecule has 0 spiro atoms. The number of aromatic carboxylic acids is 1. The number of carboxylic acids is 1. The van der Waals surface area contributed by atoms with Crippen LogP contribution in [0, 0.1) is 5.92 Å². The average molecular weight is 411 g/mol. The van der Waals surface area contributed by atoms with E-state index in [0.717, 1.165) is 5.56 Å². The predicted molar refractivity (Wildman–Crippen MR) is 116 cm³/mol. The van der Waals surface area contributed by atoms with Crippen LogP contribution in [0.5, 0.6) is 0 Å². The van der Waals surface area contributed by atoms with Crippen molar-refractivity contribution in [2.75, 3.05) is 13.2 Å². The van der Waals surface area contributed by atoms with Gasteiger partial charge in [-0.3, -0.25) is 9.59 Å². The molecule has 1 atom stereocenters. The molecule has 0 aliphatic rings. The van der Waals surface area contributed by atoms with E-state index in [9.17, 15) is 19.5 Å². The Morgan fingerprint density at radius 1 is 1.03 bits per heavy atom. The molecule has 2 N–H and O–H groups in total. The van der Waals surface area contributed by atoms with Gasteiger partial charge in [-0.1, -0.05) is 50.2 Å². The summed E-state index contributed by atoms with van der Waals surface area (Å²) in [5.74, 6) is -1.47. The van der Waals surface area contributed by atoms with Crippen LogP contribution >= 0.6 is 0 Å². The minimum Gasteiger partial charge on any atom is -0.478 e. The first-order valence-electron chi connectivity index (χ1n) is 10.2. The summed E-state index contributed by atoms with van der Waals surface area (Å²) < 4.78 is 4.99. The molecular formula is C24H29NO5. The average Bonchev–Trinajstić information content (AvgIpc) is 2.76. The molecule has 0 aliphatic heterocycles. The molecule has 0 bridgehead atoms. The quantitative estimate of drug-likeness (QED) is 0.325. The molecule has 0 saturated carbocycles. The maximum Gasteiger partial charge on any atom is 0.336 e. The van der Waals surface area contributed by atoms with Crippen molar-refractivity contribution in [3.63, 3.8) is 0 Å². The number of benzene rings is 2. The lowest BCUT2D eigenvalue weighted by Gasteiger charge is -2.14. The molecule has 6 heteroatoms. The van der Waals surface area contributed by atoms with Gasteiger partial charge in [-0.15, -0.1) is 0 Å². The summed E-state index contributed by atoms with van der Waals surface area (Å²) in [6.45, 7) is 6.85. The van der Waals surface area contributed by atoms with Gasteiger partial charge in [-0.05, 0) is 42.6 Å². The second-order valence-electron chi connectivity index (χ2n) is 7.13. The van der Waals surface area contributed by atoms with Crippen molar-refractivity contribution in [1.29, 1.82) is 0 Å². The second kappa shape index (κ2) is 11.3. The van der Waals surface area contributed by atoms with Crippen molar-refractivity contribution in [1.82, 2.24) is 5.32 Å². The van der Waals surface area contributed by atoms with E-state index >= 15 is 0 Å². The van der Waals surface area contributed by atoms with Crippen molar-refractivity contribution in [3.8, 4) is 11.1 Å². The number of rotatable bonds is 11. The van der Waals surface area contributed by atoms with Gasteiger partial charge in [0.25, 0.3) is 0 Å². The molecule has 0 radical (unpaired) electrons. The fraction of sp³-hybridized carbons (Fsp3) is 0.375. The van der Waals surface area contributed by atoms with Crippen LogP contribution in [0.25, 0.3) is 11.1 Å². The van der Waals surface area contributed by atoms with Crippen molar-refractivity contribution in [2.24, 2.45) is 5.92 Å². The summed E-state index contributed by atoms with van der Waals surface area (Å²) >= 11 is 0. The molecule has 0 amide bonds. The number of ether oxygens (including phenoxy) is 1. The van der Waals surface area contributed by atoms with Crippen LogP contribution in [-0.4, -0.2) is 36.0 Å². The Morgan fingerprint density at radius 3 is 2.40 bits per heavy atom. The Balaban J connectivity index is 2.14. The molecule has 0 aliphatic carbocycles. The minimum absolute atomic E-state index is 0.0246. The summed E-state index contributed by atoms with van der Waals surface area (Å²) in [5, 5.41) is 13.0. The van der Waals surface area contributed by atoms with E-state index in [1.807, 2.05) is 13.0 Å². The van der Waals surface area contributed by atoms with Gasteiger partial charge in [-0.2, -0.15) is 0 Å². The topological polar surface area (TPSA) is 92.7 Å². The normalized spacial score (nSPS) is 11.7. The van der Waals surface area contributed by atoms with Crippen molar-refractivity contribution < 1.29 is 24.2 Å². The van der Waals surface area contributed by atoms with Gasteiger partial charge in [0, 0.05) is 18.5 Å². The van der Waals surface area contributed by atoms with Gasteiger partial charge in [0.15, 0.2) is 5.78 Å². The molecule has 6 nitrogen and oxygen atoms in total. The summed E-state index contributed by atoms with van der Waals surface area (Å²) in [7, 11) is 0. The van der Waals surface area contributed by atoms with E-state index < -0.39 is 5.97 Å². The van der Waals surface area contributed by atoms with Crippen LogP contribution < -0.4 is 5.32 Å². The first-order chi connectivity index (χ1) is 14.4. The van der Waals surface area contributed by atoms with Gasteiger partial charge in [0.2, 0.25) is 0 Å². The van der Waals surface area contributed by atoms with Gasteiger partial charge >= 0.3 is 11.9 Å². The number of carbonyl (C=O) groups is 3. The third-order valence-electron chi connectivity index (χ3n) is 4.93. The lowest BCUT2D eigenvalue weighted by molar-refractivity contribution is -0.147. The third kappa shape index (κ3) is 6.00. The first kappa shape index (κ1) is 23.3. The van der Waals surface area contributed by atoms with E-state index in [-0.39, 0.29) is 23.2 Å². The number of carbonyl (C=O) groups excluding carboxylic acids is 2. The molecule has 2 aromatic rings. The molecule has 2 rings (SSSR count). The largest absolute Gasteiger partial charge is 0.478 e. The highest BCUT2D eigenvalue weighted by Gasteiger charge is 2.18. The zero-order chi connectivity index (χ0) is 22.1. The van der Waals surface area contributed by atoms with Crippen LogP contribution in [0.1, 0.15) is 59.9 Å². The molecule has 0 fully saturated rings. The van der Waals surface area contributed by atoms with Crippen LogP contribution in [0.4, 0.5) is 0 Å². The van der Waals surface area contributed by atoms with Crippen molar-refractivity contribution in [2.45, 2.75) is 40.2 Å². The SMILES string of the molecule is CCOC(=O)[C@H](C)CCNCc1ccc(-c2ccccc2C(=O)CC)c(C(=O)O)c1. The monoisotopic (exact) mass is 411 g/mol. The van der Waals surface area contributed by atoms with Gasteiger partial charge in [0.05, 0.1) is 18.1 Å². The Morgan fingerprint density at radius 2 is 1.73 bits per heavy atom. The first-order valence-corrected chi connectivity index (χ1v) is 10.2. The summed E-state index contributed by atoms with van der Waals surface area (Å²) in [6.07, 6.45) is 0.987. The lowest BCUT2D eigenvalue weighted by atomic mass is 9.92. The fourth-order valence-electron chi connectivity index (χ4n) is 3.22. The third-order valence-corrected chi connectivity index (χ3v) is 4.93. The second-order valence-corrected chi connectivity index (χ2v) is 7.13. The summed E-state index contributed by atoms with van der Waals surface area (Å²) in [5.41, 5.74) is 2.66. The van der Waals surface area contributed by atoms with E-state index in [1.54, 1.807) is 50.2 Å². The lowest BCUT2D eigenvalue weighted by Crippen LogP contribution is -2.22. The highest BCUT2D eigenvalue weighted by molar-refractivity contribution is 6.05. The van der Waals surface area contributed by atoms with Crippen LogP contribution in [0.15, 0.2) is 42.5 Å². The van der Waals surface area contributed by atoms with Crippen LogP contribution in [0.2, 0.25) is 0 Å². The number of ketones is 1. The Hall–Kier alpha value is -2.99. The predicted octanol–water partition coefficient (Wildman–Crippen LogP) is 4.32. The summed E-state index contributed by atoms with van der Waals surface area (Å²) in [6, 6.07) is 12.3. The molecule has 2 aromatic carbocycles. The van der Waals surface area contributed by atoms with Crippen molar-refractivity contribution in [3.05, 3.63) is 59.2 Å². The van der Waals surface area contributed by atoms with E-state index in [0.29, 0.717) is 49.2 Å². The van der Waals surface area contributed by atoms with Crippen molar-refractivity contribution >= 4 is 17.7 Å². The molecule has 0 unspecified atom stereocenters. The Labute approximate surface area is 177 Å².